The molecule has 7 heteroatoms. The summed E-state index contributed by atoms with van der Waals surface area (Å²) in [7, 11) is 0. The molecule has 122 valence electrons. The van der Waals surface area contributed by atoms with E-state index in [1.807, 2.05) is 24.3 Å². The number of hydrogen-bond donors (Lipinski definition) is 0. The van der Waals surface area contributed by atoms with Crippen LogP contribution in [0, 0.1) is 5.92 Å². The third kappa shape index (κ3) is 3.31. The Hall–Kier alpha value is -3.05. The molecule has 1 aromatic carbocycles. The van der Waals surface area contributed by atoms with Gasteiger partial charge in [-0.3, -0.25) is 9.59 Å². The van der Waals surface area contributed by atoms with Crippen molar-refractivity contribution in [3.8, 4) is 0 Å². The summed E-state index contributed by atoms with van der Waals surface area (Å²) < 4.78 is 0. The van der Waals surface area contributed by atoms with Crippen molar-refractivity contribution in [1.82, 2.24) is 9.80 Å². The van der Waals surface area contributed by atoms with Crippen LogP contribution in [-0.2, 0) is 4.79 Å². The Labute approximate surface area is 139 Å². The van der Waals surface area contributed by atoms with Gasteiger partial charge in [-0.2, -0.15) is 0 Å². The second kappa shape index (κ2) is 7.02. The van der Waals surface area contributed by atoms with Crippen molar-refractivity contribution in [3.05, 3.63) is 64.6 Å². The molecule has 24 heavy (non-hydrogen) atoms. The Morgan fingerprint density at radius 1 is 1.00 bits per heavy atom. The van der Waals surface area contributed by atoms with Crippen LogP contribution in [0.2, 0.25) is 0 Å². The average Bonchev–Trinajstić information content (AvgIpc) is 3.16. The minimum atomic E-state index is -0.166. The first-order chi connectivity index (χ1) is 11.7. The molecule has 0 radical (unpaired) electrons. The van der Waals surface area contributed by atoms with Crippen LogP contribution in [0.4, 0.5) is 5.69 Å². The number of hydrogen-bond acceptors (Lipinski definition) is 3. The molecule has 0 N–H and O–H groups in total. The molecule has 1 aliphatic carbocycles. The molecule has 0 saturated carbocycles. The lowest BCUT2D eigenvalue weighted by Crippen LogP contribution is -2.51. The summed E-state index contributed by atoms with van der Waals surface area (Å²) in [5, 5.41) is 3.49. The zero-order chi connectivity index (χ0) is 16.9. The molecule has 1 saturated heterocycles. The highest BCUT2D eigenvalue weighted by molar-refractivity contribution is 5.94. The van der Waals surface area contributed by atoms with Gasteiger partial charge in [-0.25, -0.2) is 0 Å². The standard InChI is InChI=1S/C17H17N5O2/c18-20-19-15-7-5-14(6-8-15)17(24)22-11-9-21(10-12-22)16(23)13-3-1-2-4-13/h1-8,13H,9-12H2. The van der Waals surface area contributed by atoms with Crippen molar-refractivity contribution >= 4 is 17.5 Å². The molecule has 0 bridgehead atoms. The van der Waals surface area contributed by atoms with Gasteiger partial charge in [0.2, 0.25) is 5.91 Å². The first-order valence-corrected chi connectivity index (χ1v) is 7.77. The van der Waals surface area contributed by atoms with Crippen molar-refractivity contribution in [1.29, 1.82) is 0 Å². The Bertz CT molecular complexity index is 727. The number of amides is 2. The van der Waals surface area contributed by atoms with Crippen molar-refractivity contribution in [2.75, 3.05) is 26.2 Å². The van der Waals surface area contributed by atoms with Crippen LogP contribution >= 0.6 is 0 Å². The largest absolute Gasteiger partial charge is 0.338 e. The van der Waals surface area contributed by atoms with E-state index in [4.69, 9.17) is 5.53 Å². The molecular weight excluding hydrogens is 306 g/mol. The van der Waals surface area contributed by atoms with Crippen LogP contribution in [-0.4, -0.2) is 47.8 Å². The van der Waals surface area contributed by atoms with E-state index in [9.17, 15) is 9.59 Å². The Balaban J connectivity index is 1.58. The SMILES string of the molecule is [N-]=[N+]=Nc1ccc(C(=O)N2CCN(C(=O)C3C=CC=C3)CC2)cc1. The predicted octanol–water partition coefficient (Wildman–Crippen LogP) is 2.66. The van der Waals surface area contributed by atoms with Gasteiger partial charge in [0.15, 0.2) is 0 Å². The van der Waals surface area contributed by atoms with Crippen LogP contribution in [0.5, 0.6) is 0 Å². The van der Waals surface area contributed by atoms with Crippen LogP contribution < -0.4 is 0 Å². The van der Waals surface area contributed by atoms with Crippen LogP contribution in [0.15, 0.2) is 53.7 Å². The lowest BCUT2D eigenvalue weighted by molar-refractivity contribution is -0.134. The summed E-state index contributed by atoms with van der Waals surface area (Å²) in [4.78, 5) is 31.1. The first kappa shape index (κ1) is 15.8. The molecule has 2 aliphatic rings. The van der Waals surface area contributed by atoms with Gasteiger partial charge in [0, 0.05) is 42.3 Å². The lowest BCUT2D eigenvalue weighted by Gasteiger charge is -2.35. The normalized spacial score (nSPS) is 17.0. The zero-order valence-electron chi connectivity index (χ0n) is 13.1. The summed E-state index contributed by atoms with van der Waals surface area (Å²) >= 11 is 0. The number of nitrogens with zero attached hydrogens (tertiary/aromatic N) is 5. The summed E-state index contributed by atoms with van der Waals surface area (Å²) in [6.07, 6.45) is 7.51. The average molecular weight is 323 g/mol. The second-order valence-corrected chi connectivity index (χ2v) is 5.65. The smallest absolute Gasteiger partial charge is 0.253 e. The molecule has 0 spiro atoms. The molecule has 7 nitrogen and oxygen atoms in total. The summed E-state index contributed by atoms with van der Waals surface area (Å²) in [6, 6.07) is 6.53. The quantitative estimate of drug-likeness (QED) is 0.486. The van der Waals surface area contributed by atoms with Crippen molar-refractivity contribution in [2.24, 2.45) is 11.0 Å². The van der Waals surface area contributed by atoms with Crippen LogP contribution in [0.1, 0.15) is 10.4 Å². The van der Waals surface area contributed by atoms with E-state index in [-0.39, 0.29) is 17.7 Å². The number of azide groups is 1. The molecule has 0 aromatic heterocycles. The fourth-order valence-electron chi connectivity index (χ4n) is 2.84. The summed E-state index contributed by atoms with van der Waals surface area (Å²) in [5.41, 5.74) is 9.42. The van der Waals surface area contributed by atoms with Gasteiger partial charge in [-0.15, -0.1) is 0 Å². The highest BCUT2D eigenvalue weighted by Gasteiger charge is 2.27. The van der Waals surface area contributed by atoms with E-state index in [1.165, 1.54) is 0 Å². The zero-order valence-corrected chi connectivity index (χ0v) is 13.1. The Kier molecular flexibility index (Phi) is 4.63. The number of rotatable bonds is 3. The predicted molar refractivity (Wildman–Crippen MR) is 89.5 cm³/mol. The fourth-order valence-corrected chi connectivity index (χ4v) is 2.84. The molecule has 1 aliphatic heterocycles. The Morgan fingerprint density at radius 2 is 1.58 bits per heavy atom. The lowest BCUT2D eigenvalue weighted by atomic mass is 10.1. The van der Waals surface area contributed by atoms with Gasteiger partial charge in [0.25, 0.3) is 5.91 Å². The van der Waals surface area contributed by atoms with Crippen molar-refractivity contribution in [3.63, 3.8) is 0 Å². The number of carbonyl (C=O) groups excluding carboxylic acids is 2. The molecule has 1 fully saturated rings. The van der Waals surface area contributed by atoms with Crippen LogP contribution in [0.25, 0.3) is 10.4 Å². The number of piperazine rings is 1. The first-order valence-electron chi connectivity index (χ1n) is 7.77. The molecule has 3 rings (SSSR count). The minimum absolute atomic E-state index is 0.0738. The van der Waals surface area contributed by atoms with E-state index < -0.39 is 0 Å². The van der Waals surface area contributed by atoms with E-state index in [0.29, 0.717) is 37.4 Å². The minimum Gasteiger partial charge on any atom is -0.338 e. The number of allylic oxidation sites excluding steroid dienone is 2. The highest BCUT2D eigenvalue weighted by Crippen LogP contribution is 2.17. The maximum absolute atomic E-state index is 12.5. The van der Waals surface area contributed by atoms with Crippen molar-refractivity contribution in [2.45, 2.75) is 0 Å². The maximum atomic E-state index is 12.5. The molecule has 1 aromatic rings. The van der Waals surface area contributed by atoms with Gasteiger partial charge in [0.1, 0.15) is 0 Å². The van der Waals surface area contributed by atoms with Crippen molar-refractivity contribution < 1.29 is 9.59 Å². The van der Waals surface area contributed by atoms with E-state index >= 15 is 0 Å². The van der Waals surface area contributed by atoms with Crippen LogP contribution in [0.3, 0.4) is 0 Å². The van der Waals surface area contributed by atoms with Gasteiger partial charge in [0.05, 0.1) is 5.92 Å². The van der Waals surface area contributed by atoms with E-state index in [2.05, 4.69) is 10.0 Å². The maximum Gasteiger partial charge on any atom is 0.253 e. The number of carbonyl (C=O) groups is 2. The van der Waals surface area contributed by atoms with E-state index in [0.717, 1.165) is 0 Å². The topological polar surface area (TPSA) is 89.4 Å². The fraction of sp³-hybridized carbons (Fsp3) is 0.294. The van der Waals surface area contributed by atoms with E-state index in [1.54, 1.807) is 34.1 Å². The van der Waals surface area contributed by atoms with Gasteiger partial charge < -0.3 is 9.80 Å². The highest BCUT2D eigenvalue weighted by atomic mass is 16.2. The number of benzene rings is 1. The molecular formula is C17H17N5O2. The molecule has 1 heterocycles. The van der Waals surface area contributed by atoms with Gasteiger partial charge in [-0.1, -0.05) is 41.6 Å². The Morgan fingerprint density at radius 3 is 2.17 bits per heavy atom. The summed E-state index contributed by atoms with van der Waals surface area (Å²) in [5.74, 6) is -0.151. The van der Waals surface area contributed by atoms with Gasteiger partial charge in [-0.05, 0) is 17.7 Å². The second-order valence-electron chi connectivity index (χ2n) is 5.65. The van der Waals surface area contributed by atoms with Gasteiger partial charge >= 0.3 is 0 Å². The molecule has 0 unspecified atom stereocenters. The third-order valence-electron chi connectivity index (χ3n) is 4.19. The molecule has 0 atom stereocenters. The monoisotopic (exact) mass is 323 g/mol. The molecule has 2 amide bonds. The summed E-state index contributed by atoms with van der Waals surface area (Å²) in [6.45, 7) is 2.12. The third-order valence-corrected chi connectivity index (χ3v) is 4.19.